The highest BCUT2D eigenvalue weighted by atomic mass is 32.2. The van der Waals surface area contributed by atoms with Crippen molar-refractivity contribution in [1.29, 1.82) is 0 Å². The molecule has 94 valence electrons. The fourth-order valence-corrected chi connectivity index (χ4v) is 1.65. The summed E-state index contributed by atoms with van der Waals surface area (Å²) in [6, 6.07) is 3.53. The number of pyridine rings is 1. The topological polar surface area (TPSA) is 68.0 Å². The predicted octanol–water partition coefficient (Wildman–Crippen LogP) is 1.46. The van der Waals surface area contributed by atoms with Crippen molar-refractivity contribution in [2.24, 2.45) is 0 Å². The number of nitrogens with zero attached hydrogens (tertiary/aromatic N) is 1. The number of nitrogens with one attached hydrogen (secondary N) is 1. The zero-order valence-electron chi connectivity index (χ0n) is 10.3. The molecule has 0 aliphatic heterocycles. The molecule has 3 N–H and O–H groups in total. The molecule has 17 heavy (non-hydrogen) atoms. The first-order chi connectivity index (χ1) is 8.11. The Balaban J connectivity index is 2.27. The van der Waals surface area contributed by atoms with E-state index < -0.39 is 0 Å². The lowest BCUT2D eigenvalue weighted by Crippen LogP contribution is -2.27. The zero-order chi connectivity index (χ0) is 12.7. The highest BCUT2D eigenvalue weighted by Gasteiger charge is 2.05. The van der Waals surface area contributed by atoms with E-state index in [9.17, 15) is 4.79 Å². The summed E-state index contributed by atoms with van der Waals surface area (Å²) in [6.07, 6.45) is 4.94. The van der Waals surface area contributed by atoms with E-state index in [-0.39, 0.29) is 5.91 Å². The number of aromatic nitrogens is 1. The van der Waals surface area contributed by atoms with E-state index in [0.29, 0.717) is 17.4 Å². The third-order valence-electron chi connectivity index (χ3n) is 2.46. The van der Waals surface area contributed by atoms with Crippen LogP contribution in [0.4, 0.5) is 5.69 Å². The molecule has 0 spiro atoms. The quantitative estimate of drug-likeness (QED) is 0.805. The second-order valence-electron chi connectivity index (χ2n) is 3.94. The van der Waals surface area contributed by atoms with Crippen LogP contribution in [0.5, 0.6) is 0 Å². The lowest BCUT2D eigenvalue weighted by atomic mass is 10.2. The van der Waals surface area contributed by atoms with Gasteiger partial charge in [0.25, 0.3) is 0 Å². The van der Waals surface area contributed by atoms with Crippen LogP contribution in [0, 0.1) is 0 Å². The minimum absolute atomic E-state index is 0.00979. The Bertz CT molecular complexity index is 353. The molecule has 0 fully saturated rings. The van der Waals surface area contributed by atoms with Crippen LogP contribution in [0.25, 0.3) is 0 Å². The number of thioether (sulfide) groups is 1. The maximum Gasteiger partial charge on any atom is 0.226 e. The molecule has 0 bridgehead atoms. The molecule has 1 heterocycles. The molecule has 0 aromatic carbocycles. The highest BCUT2D eigenvalue weighted by molar-refractivity contribution is 7.99. The van der Waals surface area contributed by atoms with Crippen molar-refractivity contribution in [1.82, 2.24) is 10.3 Å². The van der Waals surface area contributed by atoms with Gasteiger partial charge in [0.15, 0.2) is 0 Å². The second kappa shape index (κ2) is 7.17. The van der Waals surface area contributed by atoms with Crippen LogP contribution < -0.4 is 11.1 Å². The molecule has 0 aliphatic rings. The van der Waals surface area contributed by atoms with E-state index in [1.807, 2.05) is 0 Å². The lowest BCUT2D eigenvalue weighted by molar-refractivity contribution is -0.120. The number of carbonyl (C=O) groups excluding carboxylic acids is 1. The molecule has 4 nitrogen and oxygen atoms in total. The number of nitrogens with two attached hydrogens (primary N) is 1. The van der Waals surface area contributed by atoms with E-state index in [1.54, 1.807) is 30.1 Å². The number of hydrogen-bond donors (Lipinski definition) is 2. The summed E-state index contributed by atoms with van der Waals surface area (Å²) < 4.78 is 0. The smallest absolute Gasteiger partial charge is 0.226 e. The third-order valence-corrected chi connectivity index (χ3v) is 3.51. The molecular weight excluding hydrogens is 234 g/mol. The largest absolute Gasteiger partial charge is 0.397 e. The van der Waals surface area contributed by atoms with Gasteiger partial charge in [-0.2, -0.15) is 11.8 Å². The van der Waals surface area contributed by atoms with E-state index in [0.717, 1.165) is 18.7 Å². The van der Waals surface area contributed by atoms with Crippen LogP contribution in [0.2, 0.25) is 0 Å². The summed E-state index contributed by atoms with van der Waals surface area (Å²) in [6.45, 7) is 2.87. The summed E-state index contributed by atoms with van der Waals surface area (Å²) in [7, 11) is 0. The van der Waals surface area contributed by atoms with Crippen LogP contribution >= 0.6 is 11.8 Å². The van der Waals surface area contributed by atoms with Gasteiger partial charge in [0.1, 0.15) is 0 Å². The minimum Gasteiger partial charge on any atom is -0.397 e. The van der Waals surface area contributed by atoms with Gasteiger partial charge in [-0.1, -0.05) is 6.92 Å². The standard InChI is InChI=1S/C12H19N3OS/c1-9(17-2)5-6-14-12(16)7-11-4-3-10(13)8-15-11/h3-4,8-9H,5-7,13H2,1-2H3,(H,14,16). The van der Waals surface area contributed by atoms with E-state index in [1.165, 1.54) is 0 Å². The fourth-order valence-electron chi connectivity index (χ4n) is 1.30. The van der Waals surface area contributed by atoms with Crippen molar-refractivity contribution >= 4 is 23.4 Å². The first kappa shape index (κ1) is 13.8. The highest BCUT2D eigenvalue weighted by Crippen LogP contribution is 2.08. The lowest BCUT2D eigenvalue weighted by Gasteiger charge is -2.09. The van der Waals surface area contributed by atoms with Crippen LogP contribution in [0.15, 0.2) is 18.3 Å². The Morgan fingerprint density at radius 2 is 2.35 bits per heavy atom. The number of amides is 1. The molecule has 1 atom stereocenters. The molecule has 1 aromatic heterocycles. The van der Waals surface area contributed by atoms with Crippen LogP contribution in [0.3, 0.4) is 0 Å². The Morgan fingerprint density at radius 1 is 1.59 bits per heavy atom. The van der Waals surface area contributed by atoms with Gasteiger partial charge < -0.3 is 11.1 Å². The maximum atomic E-state index is 11.6. The van der Waals surface area contributed by atoms with Crippen molar-refractivity contribution in [3.8, 4) is 0 Å². The van der Waals surface area contributed by atoms with Crippen LogP contribution in [-0.2, 0) is 11.2 Å². The molecule has 0 radical (unpaired) electrons. The van der Waals surface area contributed by atoms with Gasteiger partial charge >= 0.3 is 0 Å². The van der Waals surface area contributed by atoms with Crippen molar-refractivity contribution < 1.29 is 4.79 Å². The number of anilines is 1. The number of hydrogen-bond acceptors (Lipinski definition) is 4. The average Bonchev–Trinajstić information content (AvgIpc) is 2.32. The Hall–Kier alpha value is -1.23. The molecule has 5 heteroatoms. The van der Waals surface area contributed by atoms with Gasteiger partial charge in [0, 0.05) is 17.5 Å². The molecule has 1 unspecified atom stereocenters. The zero-order valence-corrected chi connectivity index (χ0v) is 11.1. The summed E-state index contributed by atoms with van der Waals surface area (Å²) in [5, 5.41) is 3.46. The summed E-state index contributed by atoms with van der Waals surface area (Å²) in [4.78, 5) is 15.7. The minimum atomic E-state index is 0.00979. The number of rotatable bonds is 6. The fraction of sp³-hybridized carbons (Fsp3) is 0.500. The van der Waals surface area contributed by atoms with E-state index in [2.05, 4.69) is 23.5 Å². The first-order valence-corrected chi connectivity index (χ1v) is 6.90. The monoisotopic (exact) mass is 253 g/mol. The molecule has 1 amide bonds. The van der Waals surface area contributed by atoms with E-state index in [4.69, 9.17) is 5.73 Å². The van der Waals surface area contributed by atoms with Crippen molar-refractivity contribution in [2.75, 3.05) is 18.5 Å². The third kappa shape index (κ3) is 5.58. The maximum absolute atomic E-state index is 11.6. The molecule has 1 rings (SSSR count). The molecular formula is C12H19N3OS. The molecule has 1 aromatic rings. The van der Waals surface area contributed by atoms with Crippen molar-refractivity contribution in [2.45, 2.75) is 25.0 Å². The molecule has 0 saturated heterocycles. The normalized spacial score (nSPS) is 12.1. The van der Waals surface area contributed by atoms with Gasteiger partial charge in [-0.3, -0.25) is 9.78 Å². The molecule has 0 saturated carbocycles. The van der Waals surface area contributed by atoms with Gasteiger partial charge in [-0.25, -0.2) is 0 Å². The van der Waals surface area contributed by atoms with Gasteiger partial charge in [0.05, 0.1) is 18.3 Å². The number of carbonyl (C=O) groups is 1. The summed E-state index contributed by atoms with van der Waals surface area (Å²) in [5.41, 5.74) is 6.88. The first-order valence-electron chi connectivity index (χ1n) is 5.61. The summed E-state index contributed by atoms with van der Waals surface area (Å²) in [5.74, 6) is 0.00979. The van der Waals surface area contributed by atoms with Crippen LogP contribution in [-0.4, -0.2) is 28.9 Å². The number of nitrogen functional groups attached to an aromatic ring is 1. The van der Waals surface area contributed by atoms with Gasteiger partial charge in [-0.05, 0) is 24.8 Å². The SMILES string of the molecule is CSC(C)CCNC(=O)Cc1ccc(N)cn1. The van der Waals surface area contributed by atoms with Gasteiger partial charge in [-0.15, -0.1) is 0 Å². The average molecular weight is 253 g/mol. The Labute approximate surface area is 106 Å². The van der Waals surface area contributed by atoms with Gasteiger partial charge in [0.2, 0.25) is 5.91 Å². The Kier molecular flexibility index (Phi) is 5.83. The predicted molar refractivity (Wildman–Crippen MR) is 73.0 cm³/mol. The second-order valence-corrected chi connectivity index (χ2v) is 5.22. The Morgan fingerprint density at radius 3 is 2.94 bits per heavy atom. The van der Waals surface area contributed by atoms with Crippen LogP contribution in [0.1, 0.15) is 19.0 Å². The van der Waals surface area contributed by atoms with Crippen molar-refractivity contribution in [3.05, 3.63) is 24.0 Å². The van der Waals surface area contributed by atoms with Crippen molar-refractivity contribution in [3.63, 3.8) is 0 Å². The summed E-state index contributed by atoms with van der Waals surface area (Å²) >= 11 is 1.80. The molecule has 0 aliphatic carbocycles. The van der Waals surface area contributed by atoms with E-state index >= 15 is 0 Å².